The van der Waals surface area contributed by atoms with Crippen molar-refractivity contribution in [2.75, 3.05) is 56.2 Å². The van der Waals surface area contributed by atoms with Gasteiger partial charge in [0.1, 0.15) is 11.5 Å². The first-order chi connectivity index (χ1) is 18.5. The molecule has 38 heavy (non-hydrogen) atoms. The summed E-state index contributed by atoms with van der Waals surface area (Å²) in [6.45, 7) is 8.37. The van der Waals surface area contributed by atoms with Gasteiger partial charge in [0, 0.05) is 44.3 Å². The Labute approximate surface area is 221 Å². The smallest absolute Gasteiger partial charge is 0.274 e. The fourth-order valence-electron chi connectivity index (χ4n) is 4.94. The first kappa shape index (κ1) is 25.4. The Bertz CT molecular complexity index is 1360. The van der Waals surface area contributed by atoms with Crippen molar-refractivity contribution in [3.05, 3.63) is 54.6 Å². The molecule has 5 rings (SSSR count). The maximum Gasteiger partial charge on any atom is 0.274 e. The Morgan fingerprint density at radius 2 is 2.00 bits per heavy atom. The highest BCUT2D eigenvalue weighted by Gasteiger charge is 2.33. The third-order valence-electron chi connectivity index (χ3n) is 6.97. The molecule has 196 valence electrons. The van der Waals surface area contributed by atoms with Crippen molar-refractivity contribution in [1.82, 2.24) is 24.8 Å². The van der Waals surface area contributed by atoms with Gasteiger partial charge in [-0.2, -0.15) is 5.26 Å². The number of carbonyl (C=O) groups is 1. The van der Waals surface area contributed by atoms with Crippen LogP contribution < -0.4 is 10.2 Å². The zero-order valence-corrected chi connectivity index (χ0v) is 21.6. The summed E-state index contributed by atoms with van der Waals surface area (Å²) in [6.07, 6.45) is 6.96. The van der Waals surface area contributed by atoms with Crippen molar-refractivity contribution in [3.63, 3.8) is 0 Å². The summed E-state index contributed by atoms with van der Waals surface area (Å²) in [7, 11) is 0. The molecule has 2 aliphatic heterocycles. The van der Waals surface area contributed by atoms with Gasteiger partial charge >= 0.3 is 0 Å². The van der Waals surface area contributed by atoms with Crippen LogP contribution in [0, 0.1) is 17.4 Å². The van der Waals surface area contributed by atoms with Crippen LogP contribution in [0.5, 0.6) is 0 Å². The number of amides is 1. The van der Waals surface area contributed by atoms with Crippen molar-refractivity contribution in [2.45, 2.75) is 19.9 Å². The third-order valence-corrected chi connectivity index (χ3v) is 6.97. The number of nitrogens with zero attached hydrogens (tertiary/aromatic N) is 8. The number of fused-ring (bicyclic) bond motifs is 1. The highest BCUT2D eigenvalue weighted by Crippen LogP contribution is 2.25. The molecule has 0 bridgehead atoms. The minimum Gasteiger partial charge on any atom is -0.378 e. The lowest BCUT2D eigenvalue weighted by Gasteiger charge is -2.45. The largest absolute Gasteiger partial charge is 0.378 e. The van der Waals surface area contributed by atoms with Crippen molar-refractivity contribution in [3.8, 4) is 6.19 Å². The third kappa shape index (κ3) is 5.35. The van der Waals surface area contributed by atoms with Crippen molar-refractivity contribution >= 4 is 34.3 Å². The topological polar surface area (TPSA) is 123 Å². The summed E-state index contributed by atoms with van der Waals surface area (Å²) < 4.78 is 5.36. The SMILES string of the molecule is CC(C)C1CN(c2cncc(C(=O)N3CCOCC3)n2)CCN1/C(=N\C#N)Nc1cccc2ncccc12. The number of carbonyl (C=O) groups excluding carboxylic acids is 1. The quantitative estimate of drug-likeness (QED) is 0.319. The molecule has 2 saturated heterocycles. The monoisotopic (exact) mass is 513 g/mol. The predicted octanol–water partition coefficient (Wildman–Crippen LogP) is 2.59. The molecular formula is C27H31N9O2. The molecule has 0 spiro atoms. The van der Waals surface area contributed by atoms with Crippen LogP contribution in [-0.4, -0.2) is 88.6 Å². The number of nitriles is 1. The van der Waals surface area contributed by atoms with Gasteiger partial charge in [0.2, 0.25) is 12.2 Å². The lowest BCUT2D eigenvalue weighted by Crippen LogP contribution is -2.58. The molecule has 0 radical (unpaired) electrons. The van der Waals surface area contributed by atoms with Crippen LogP contribution in [0.1, 0.15) is 24.3 Å². The van der Waals surface area contributed by atoms with E-state index in [0.717, 1.165) is 16.6 Å². The molecule has 0 aliphatic carbocycles. The number of ether oxygens (including phenoxy) is 1. The zero-order valence-electron chi connectivity index (χ0n) is 21.6. The summed E-state index contributed by atoms with van der Waals surface area (Å²) in [4.78, 5) is 36.6. The van der Waals surface area contributed by atoms with E-state index in [1.54, 1.807) is 17.3 Å². The van der Waals surface area contributed by atoms with Crippen molar-refractivity contribution in [1.29, 1.82) is 5.26 Å². The Morgan fingerprint density at radius 3 is 2.79 bits per heavy atom. The van der Waals surface area contributed by atoms with Gasteiger partial charge in [0.15, 0.2) is 0 Å². The number of pyridine rings is 1. The van der Waals surface area contributed by atoms with Gasteiger partial charge in [0.05, 0.1) is 42.9 Å². The molecule has 1 aromatic carbocycles. The number of piperazine rings is 1. The first-order valence-electron chi connectivity index (χ1n) is 12.8. The maximum atomic E-state index is 13.0. The van der Waals surface area contributed by atoms with E-state index >= 15 is 0 Å². The number of anilines is 2. The van der Waals surface area contributed by atoms with E-state index in [9.17, 15) is 10.1 Å². The van der Waals surface area contributed by atoms with E-state index < -0.39 is 0 Å². The van der Waals surface area contributed by atoms with Crippen LogP contribution in [0.15, 0.2) is 53.9 Å². The summed E-state index contributed by atoms with van der Waals surface area (Å²) in [6, 6.07) is 9.78. The fourth-order valence-corrected chi connectivity index (χ4v) is 4.94. The number of benzene rings is 1. The molecular weight excluding hydrogens is 482 g/mol. The van der Waals surface area contributed by atoms with Gasteiger partial charge in [-0.15, -0.1) is 4.99 Å². The second-order valence-corrected chi connectivity index (χ2v) is 9.65. The minimum atomic E-state index is -0.126. The normalized spacial score (nSPS) is 18.5. The number of hydrogen-bond acceptors (Lipinski definition) is 8. The molecule has 1 unspecified atom stereocenters. The average molecular weight is 514 g/mol. The number of nitrogens with one attached hydrogen (secondary N) is 1. The van der Waals surface area contributed by atoms with E-state index in [4.69, 9.17) is 4.74 Å². The molecule has 11 nitrogen and oxygen atoms in total. The van der Waals surface area contributed by atoms with Gasteiger partial charge in [0.25, 0.3) is 5.91 Å². The van der Waals surface area contributed by atoms with Crippen LogP contribution in [0.3, 0.4) is 0 Å². The van der Waals surface area contributed by atoms with E-state index in [0.29, 0.717) is 63.4 Å². The molecule has 11 heteroatoms. The van der Waals surface area contributed by atoms with Gasteiger partial charge in [-0.3, -0.25) is 14.8 Å². The Morgan fingerprint density at radius 1 is 1.16 bits per heavy atom. The minimum absolute atomic E-state index is 0.0388. The molecule has 1 N–H and O–H groups in total. The first-order valence-corrected chi connectivity index (χ1v) is 12.8. The molecule has 2 aromatic heterocycles. The maximum absolute atomic E-state index is 13.0. The molecule has 3 aromatic rings. The second-order valence-electron chi connectivity index (χ2n) is 9.65. The number of morpholine rings is 1. The molecule has 1 amide bonds. The molecule has 0 saturated carbocycles. The lowest BCUT2D eigenvalue weighted by atomic mass is 9.99. The van der Waals surface area contributed by atoms with Crippen LogP contribution in [-0.2, 0) is 4.74 Å². The number of hydrogen-bond donors (Lipinski definition) is 1. The van der Waals surface area contributed by atoms with Gasteiger partial charge in [-0.05, 0) is 30.2 Å². The summed E-state index contributed by atoms with van der Waals surface area (Å²) in [5, 5.41) is 13.9. The van der Waals surface area contributed by atoms with Crippen LogP contribution in [0.2, 0.25) is 0 Å². The summed E-state index contributed by atoms with van der Waals surface area (Å²) >= 11 is 0. The van der Waals surface area contributed by atoms with Crippen LogP contribution in [0.4, 0.5) is 11.5 Å². The molecule has 1 atom stereocenters. The average Bonchev–Trinajstić information content (AvgIpc) is 2.97. The van der Waals surface area contributed by atoms with Crippen LogP contribution in [0.25, 0.3) is 10.9 Å². The van der Waals surface area contributed by atoms with Crippen LogP contribution >= 0.6 is 0 Å². The van der Waals surface area contributed by atoms with E-state index in [-0.39, 0.29) is 17.9 Å². The standard InChI is InChI=1S/C27H31N9O2/c1-19(2)24-17-35(25-16-29-15-23(32-25)26(37)34-11-13-38-14-12-34)9-10-36(24)27(31-18-28)33-22-7-3-6-21-20(22)5-4-8-30-21/h3-8,15-16,19,24H,9-14,17H2,1-2H3,(H,31,33). The van der Waals surface area contributed by atoms with E-state index in [2.05, 4.69) is 48.9 Å². The number of guanidine groups is 1. The van der Waals surface area contributed by atoms with Crippen molar-refractivity contribution in [2.24, 2.45) is 10.9 Å². The Kier molecular flexibility index (Phi) is 7.60. The van der Waals surface area contributed by atoms with E-state index in [1.165, 1.54) is 6.20 Å². The predicted molar refractivity (Wildman–Crippen MR) is 145 cm³/mol. The number of rotatable bonds is 4. The Balaban J connectivity index is 1.36. The highest BCUT2D eigenvalue weighted by atomic mass is 16.5. The molecule has 2 fully saturated rings. The molecule has 4 heterocycles. The summed E-state index contributed by atoms with van der Waals surface area (Å²) in [5.74, 6) is 1.30. The highest BCUT2D eigenvalue weighted by molar-refractivity contribution is 6.02. The Hall–Kier alpha value is -4.30. The zero-order chi connectivity index (χ0) is 26.5. The second kappa shape index (κ2) is 11.4. The number of aliphatic imine (C=N–C) groups is 1. The van der Waals surface area contributed by atoms with E-state index in [1.807, 2.05) is 36.5 Å². The molecule has 2 aliphatic rings. The number of aromatic nitrogens is 3. The lowest BCUT2D eigenvalue weighted by molar-refractivity contribution is 0.0298. The fraction of sp³-hybridized carbons (Fsp3) is 0.407. The van der Waals surface area contributed by atoms with Gasteiger partial charge in [-0.1, -0.05) is 19.9 Å². The summed E-state index contributed by atoms with van der Waals surface area (Å²) in [5.41, 5.74) is 2.05. The van der Waals surface area contributed by atoms with Gasteiger partial charge < -0.3 is 24.8 Å². The van der Waals surface area contributed by atoms with Crippen molar-refractivity contribution < 1.29 is 9.53 Å². The van der Waals surface area contributed by atoms with Gasteiger partial charge in [-0.25, -0.2) is 4.98 Å².